The van der Waals surface area contributed by atoms with Crippen LogP contribution in [-0.2, 0) is 25.6 Å². The Balaban J connectivity index is 2.24. The van der Waals surface area contributed by atoms with Crippen molar-refractivity contribution in [3.8, 4) is 0 Å². The number of benzene rings is 1. The number of aldehydes is 1. The van der Waals surface area contributed by atoms with Gasteiger partial charge in [-0.1, -0.05) is 36.9 Å². The first kappa shape index (κ1) is 23.6. The lowest BCUT2D eigenvalue weighted by Crippen LogP contribution is -2.45. The van der Waals surface area contributed by atoms with Crippen LogP contribution in [0.15, 0.2) is 54.8 Å². The Hall–Kier alpha value is -3.42. The van der Waals surface area contributed by atoms with Gasteiger partial charge in [-0.2, -0.15) is 0 Å². The van der Waals surface area contributed by atoms with Crippen molar-refractivity contribution in [2.24, 2.45) is 0 Å². The largest absolute Gasteiger partial charge is 0.366 e. The average Bonchev–Trinajstić information content (AvgIpc) is 2.69. The van der Waals surface area contributed by atoms with E-state index in [2.05, 4.69) is 22.5 Å². The molecule has 1 aromatic rings. The van der Waals surface area contributed by atoms with Gasteiger partial charge >= 0.3 is 0 Å². The SMILES string of the molecule is C=C(/C=C\C=O)N(C)CC(=O)NCC(=O)NCC(=O)NC(C)Cc1ccccc1. The summed E-state index contributed by atoms with van der Waals surface area (Å²) in [6.45, 7) is 5.18. The molecule has 156 valence electrons. The Bertz CT molecular complexity index is 746. The summed E-state index contributed by atoms with van der Waals surface area (Å²) < 4.78 is 0. The minimum atomic E-state index is -0.466. The minimum absolute atomic E-state index is 0.0210. The number of hydrogen-bond donors (Lipinski definition) is 3. The van der Waals surface area contributed by atoms with Crippen molar-refractivity contribution in [1.82, 2.24) is 20.9 Å². The fraction of sp³-hybridized carbons (Fsp3) is 0.333. The van der Waals surface area contributed by atoms with E-state index in [-0.39, 0.29) is 37.5 Å². The summed E-state index contributed by atoms with van der Waals surface area (Å²) in [7, 11) is 1.64. The van der Waals surface area contributed by atoms with E-state index in [1.54, 1.807) is 7.05 Å². The monoisotopic (exact) mass is 400 g/mol. The van der Waals surface area contributed by atoms with Crippen LogP contribution < -0.4 is 16.0 Å². The summed E-state index contributed by atoms with van der Waals surface area (Å²) >= 11 is 0. The van der Waals surface area contributed by atoms with Crippen molar-refractivity contribution in [3.05, 3.63) is 60.3 Å². The van der Waals surface area contributed by atoms with Crippen molar-refractivity contribution in [2.75, 3.05) is 26.7 Å². The molecule has 0 saturated carbocycles. The zero-order valence-electron chi connectivity index (χ0n) is 16.8. The van der Waals surface area contributed by atoms with Crippen LogP contribution in [-0.4, -0.2) is 61.6 Å². The highest BCUT2D eigenvalue weighted by Crippen LogP contribution is 2.02. The van der Waals surface area contributed by atoms with Crippen LogP contribution >= 0.6 is 0 Å². The fourth-order valence-corrected chi connectivity index (χ4v) is 2.42. The molecule has 3 amide bonds. The van der Waals surface area contributed by atoms with Crippen LogP contribution in [0.25, 0.3) is 0 Å². The third-order valence-electron chi connectivity index (χ3n) is 3.92. The number of hydrogen-bond acceptors (Lipinski definition) is 5. The first-order chi connectivity index (χ1) is 13.8. The zero-order valence-corrected chi connectivity index (χ0v) is 16.8. The molecule has 0 aliphatic carbocycles. The number of allylic oxidation sites excluding steroid dienone is 2. The molecular formula is C21H28N4O4. The molecule has 8 nitrogen and oxygen atoms in total. The van der Waals surface area contributed by atoms with Crippen LogP contribution in [0.2, 0.25) is 0 Å². The van der Waals surface area contributed by atoms with E-state index in [0.717, 1.165) is 5.56 Å². The molecule has 29 heavy (non-hydrogen) atoms. The number of rotatable bonds is 12. The molecule has 0 aromatic heterocycles. The lowest BCUT2D eigenvalue weighted by Gasteiger charge is -2.18. The first-order valence-electron chi connectivity index (χ1n) is 9.20. The maximum atomic E-state index is 11.9. The maximum Gasteiger partial charge on any atom is 0.239 e. The third-order valence-corrected chi connectivity index (χ3v) is 3.92. The van der Waals surface area contributed by atoms with Gasteiger partial charge in [0.05, 0.1) is 19.6 Å². The predicted molar refractivity (Wildman–Crippen MR) is 111 cm³/mol. The molecule has 0 fully saturated rings. The van der Waals surface area contributed by atoms with E-state index in [1.807, 2.05) is 37.3 Å². The summed E-state index contributed by atoms with van der Waals surface area (Å²) in [4.78, 5) is 47.4. The van der Waals surface area contributed by atoms with Crippen molar-refractivity contribution < 1.29 is 19.2 Å². The second-order valence-electron chi connectivity index (χ2n) is 6.55. The van der Waals surface area contributed by atoms with E-state index >= 15 is 0 Å². The van der Waals surface area contributed by atoms with Crippen LogP contribution in [0.4, 0.5) is 0 Å². The van der Waals surface area contributed by atoms with Gasteiger partial charge in [0, 0.05) is 18.8 Å². The van der Waals surface area contributed by atoms with E-state index in [4.69, 9.17) is 0 Å². The van der Waals surface area contributed by atoms with Gasteiger partial charge in [-0.15, -0.1) is 0 Å². The topological polar surface area (TPSA) is 108 Å². The Morgan fingerprint density at radius 1 is 1.07 bits per heavy atom. The summed E-state index contributed by atoms with van der Waals surface area (Å²) in [5.74, 6) is -1.15. The van der Waals surface area contributed by atoms with E-state index in [1.165, 1.54) is 17.1 Å². The van der Waals surface area contributed by atoms with Crippen molar-refractivity contribution in [1.29, 1.82) is 0 Å². The van der Waals surface area contributed by atoms with E-state index < -0.39 is 5.91 Å². The normalized spacial score (nSPS) is 11.4. The van der Waals surface area contributed by atoms with E-state index in [0.29, 0.717) is 18.4 Å². The number of nitrogens with zero attached hydrogens (tertiary/aromatic N) is 1. The van der Waals surface area contributed by atoms with Gasteiger partial charge in [-0.3, -0.25) is 19.2 Å². The van der Waals surface area contributed by atoms with Gasteiger partial charge in [0.25, 0.3) is 0 Å². The molecule has 0 bridgehead atoms. The quantitative estimate of drug-likeness (QED) is 0.263. The molecule has 1 atom stereocenters. The number of amides is 3. The molecule has 3 N–H and O–H groups in total. The molecule has 0 spiro atoms. The van der Waals surface area contributed by atoms with Crippen molar-refractivity contribution in [3.63, 3.8) is 0 Å². The molecule has 1 unspecified atom stereocenters. The standard InChI is InChI=1S/C21H28N4O4/c1-16(12-18-9-5-4-6-10-18)24-20(28)14-22-19(27)13-23-21(29)15-25(3)17(2)8-7-11-26/h4-11,16H,2,12-15H2,1,3H3,(H,22,27)(H,23,29)(H,24,28)/b8-7-. The fourth-order valence-electron chi connectivity index (χ4n) is 2.42. The highest BCUT2D eigenvalue weighted by atomic mass is 16.2. The van der Waals surface area contributed by atoms with Gasteiger partial charge in [0.2, 0.25) is 17.7 Å². The summed E-state index contributed by atoms with van der Waals surface area (Å²) in [6.07, 6.45) is 4.06. The summed E-state index contributed by atoms with van der Waals surface area (Å²) in [5.41, 5.74) is 1.60. The highest BCUT2D eigenvalue weighted by Gasteiger charge is 2.11. The molecule has 0 heterocycles. The van der Waals surface area contributed by atoms with Gasteiger partial charge in [-0.05, 0) is 31.1 Å². The second kappa shape index (κ2) is 12.9. The molecule has 1 aromatic carbocycles. The van der Waals surface area contributed by atoms with E-state index in [9.17, 15) is 19.2 Å². The van der Waals surface area contributed by atoms with Gasteiger partial charge < -0.3 is 20.9 Å². The van der Waals surface area contributed by atoms with Crippen LogP contribution in [0.5, 0.6) is 0 Å². The molecule has 8 heteroatoms. The Labute approximate surface area is 171 Å². The minimum Gasteiger partial charge on any atom is -0.366 e. The molecular weight excluding hydrogens is 372 g/mol. The Morgan fingerprint density at radius 2 is 1.69 bits per heavy atom. The molecule has 0 saturated heterocycles. The van der Waals surface area contributed by atoms with Crippen molar-refractivity contribution >= 4 is 24.0 Å². The zero-order chi connectivity index (χ0) is 21.6. The average molecular weight is 400 g/mol. The Morgan fingerprint density at radius 3 is 2.34 bits per heavy atom. The van der Waals surface area contributed by atoms with Gasteiger partial charge in [0.1, 0.15) is 6.29 Å². The Kier molecular flexibility index (Phi) is 10.5. The van der Waals surface area contributed by atoms with Gasteiger partial charge in [-0.25, -0.2) is 0 Å². The van der Waals surface area contributed by atoms with Crippen LogP contribution in [0.1, 0.15) is 12.5 Å². The lowest BCUT2D eigenvalue weighted by molar-refractivity contribution is -0.128. The van der Waals surface area contributed by atoms with Gasteiger partial charge in [0.15, 0.2) is 0 Å². The smallest absolute Gasteiger partial charge is 0.239 e. The summed E-state index contributed by atoms with van der Waals surface area (Å²) in [6, 6.07) is 9.71. The van der Waals surface area contributed by atoms with Crippen molar-refractivity contribution in [2.45, 2.75) is 19.4 Å². The lowest BCUT2D eigenvalue weighted by atomic mass is 10.1. The molecule has 0 aliphatic rings. The van der Waals surface area contributed by atoms with Crippen LogP contribution in [0, 0.1) is 0 Å². The number of carbonyl (C=O) groups excluding carboxylic acids is 4. The summed E-state index contributed by atoms with van der Waals surface area (Å²) in [5, 5.41) is 7.74. The molecule has 0 radical (unpaired) electrons. The third kappa shape index (κ3) is 10.5. The second-order valence-corrected chi connectivity index (χ2v) is 6.55. The molecule has 1 rings (SSSR count). The number of carbonyl (C=O) groups is 4. The number of likely N-dealkylation sites (N-methyl/N-ethyl adjacent to an activating group) is 1. The predicted octanol–water partition coefficient (Wildman–Crippen LogP) is 0.167. The number of nitrogens with one attached hydrogen (secondary N) is 3. The maximum absolute atomic E-state index is 11.9. The first-order valence-corrected chi connectivity index (χ1v) is 9.20. The highest BCUT2D eigenvalue weighted by molar-refractivity contribution is 5.88. The van der Waals surface area contributed by atoms with Crippen LogP contribution in [0.3, 0.4) is 0 Å². The molecule has 0 aliphatic heterocycles.